The van der Waals surface area contributed by atoms with Crippen molar-refractivity contribution in [2.24, 2.45) is 4.99 Å². The van der Waals surface area contributed by atoms with E-state index in [1.807, 2.05) is 13.0 Å². The van der Waals surface area contributed by atoms with Gasteiger partial charge in [0.25, 0.3) is 5.91 Å². The summed E-state index contributed by atoms with van der Waals surface area (Å²) >= 11 is 4.73. The first-order chi connectivity index (χ1) is 14.3. The van der Waals surface area contributed by atoms with Crippen LogP contribution in [0, 0.1) is 0 Å². The number of halogens is 1. The van der Waals surface area contributed by atoms with Crippen LogP contribution in [0.2, 0.25) is 0 Å². The zero-order chi connectivity index (χ0) is 21.8. The Balaban J connectivity index is 1.89. The molecule has 1 N–H and O–H groups in total. The van der Waals surface area contributed by atoms with Crippen molar-refractivity contribution in [3.63, 3.8) is 0 Å². The number of methoxy groups -OCH3 is 1. The topological polar surface area (TPSA) is 88.4 Å². The van der Waals surface area contributed by atoms with Gasteiger partial charge in [-0.25, -0.2) is 9.79 Å². The second-order valence-electron chi connectivity index (χ2n) is 6.19. The first kappa shape index (κ1) is 21.9. The number of rotatable bonds is 6. The Morgan fingerprint density at radius 1 is 1.30 bits per heavy atom. The lowest BCUT2D eigenvalue weighted by Crippen LogP contribution is -2.23. The van der Waals surface area contributed by atoms with Crippen molar-refractivity contribution in [3.05, 3.63) is 56.9 Å². The average Bonchev–Trinajstić information content (AvgIpc) is 2.98. The first-order valence-electron chi connectivity index (χ1n) is 8.94. The number of hydrogen-bond acceptors (Lipinski definition) is 6. The van der Waals surface area contributed by atoms with Crippen molar-refractivity contribution in [1.29, 1.82) is 0 Å². The smallest absolute Gasteiger partial charge is 0.335 e. The number of amides is 1. The van der Waals surface area contributed by atoms with E-state index in [0.29, 0.717) is 33.9 Å². The molecule has 0 aliphatic carbocycles. The molecule has 1 amide bonds. The Labute approximate surface area is 186 Å². The third-order valence-electron chi connectivity index (χ3n) is 4.18. The van der Waals surface area contributed by atoms with Gasteiger partial charge in [-0.3, -0.25) is 9.69 Å². The lowest BCUT2D eigenvalue weighted by molar-refractivity contribution is -0.121. The summed E-state index contributed by atoms with van der Waals surface area (Å²) in [6.07, 6.45) is 1.77. The number of amidine groups is 1. The molecular formula is C21H19BrN2O5S. The fourth-order valence-corrected chi connectivity index (χ4v) is 4.26. The number of benzene rings is 2. The summed E-state index contributed by atoms with van der Waals surface area (Å²) in [5, 5.41) is 9.50. The molecule has 1 fully saturated rings. The Morgan fingerprint density at radius 2 is 2.00 bits per heavy atom. The van der Waals surface area contributed by atoms with Gasteiger partial charge in [0, 0.05) is 7.05 Å². The SMILES string of the molecule is CCOc1c(Br)cc(/C=C2/SC(=Nc3ccc(C(=O)O)cc3)N(C)C2=O)cc1OC. The van der Waals surface area contributed by atoms with Crippen LogP contribution in [-0.2, 0) is 4.79 Å². The first-order valence-corrected chi connectivity index (χ1v) is 10.5. The van der Waals surface area contributed by atoms with Crippen molar-refractivity contribution in [2.45, 2.75) is 6.92 Å². The molecule has 0 unspecified atom stereocenters. The highest BCUT2D eigenvalue weighted by atomic mass is 79.9. The van der Waals surface area contributed by atoms with Gasteiger partial charge in [0.15, 0.2) is 16.7 Å². The van der Waals surface area contributed by atoms with Crippen molar-refractivity contribution in [3.8, 4) is 11.5 Å². The molecule has 30 heavy (non-hydrogen) atoms. The Hall–Kier alpha value is -2.78. The molecule has 9 heteroatoms. The highest BCUT2D eigenvalue weighted by Crippen LogP contribution is 2.39. The number of carboxylic acid groups (broad SMARTS) is 1. The van der Waals surface area contributed by atoms with Gasteiger partial charge in [-0.2, -0.15) is 0 Å². The third-order valence-corrected chi connectivity index (χ3v) is 5.83. The number of ether oxygens (including phenoxy) is 2. The van der Waals surface area contributed by atoms with Gasteiger partial charge < -0.3 is 14.6 Å². The highest BCUT2D eigenvalue weighted by Gasteiger charge is 2.30. The maximum absolute atomic E-state index is 12.7. The van der Waals surface area contributed by atoms with Crippen LogP contribution in [0.5, 0.6) is 11.5 Å². The molecular weight excluding hydrogens is 472 g/mol. The van der Waals surface area contributed by atoms with Crippen molar-refractivity contribution < 1.29 is 24.2 Å². The van der Waals surface area contributed by atoms with E-state index in [1.165, 1.54) is 28.8 Å². The highest BCUT2D eigenvalue weighted by molar-refractivity contribution is 9.10. The lowest BCUT2D eigenvalue weighted by Gasteiger charge is -2.12. The molecule has 0 saturated carbocycles. The van der Waals surface area contributed by atoms with E-state index in [0.717, 1.165) is 10.0 Å². The minimum absolute atomic E-state index is 0.176. The predicted molar refractivity (Wildman–Crippen MR) is 121 cm³/mol. The van der Waals surface area contributed by atoms with E-state index in [9.17, 15) is 9.59 Å². The summed E-state index contributed by atoms with van der Waals surface area (Å²) in [7, 11) is 3.21. The van der Waals surface area contributed by atoms with E-state index in [4.69, 9.17) is 14.6 Å². The molecule has 2 aromatic rings. The molecule has 0 radical (unpaired) electrons. The molecule has 0 atom stereocenters. The third kappa shape index (κ3) is 4.68. The van der Waals surface area contributed by atoms with E-state index < -0.39 is 5.97 Å². The summed E-state index contributed by atoms with van der Waals surface area (Å²) in [5.41, 5.74) is 1.52. The van der Waals surface area contributed by atoms with Gasteiger partial charge >= 0.3 is 5.97 Å². The zero-order valence-corrected chi connectivity index (χ0v) is 18.9. The van der Waals surface area contributed by atoms with E-state index >= 15 is 0 Å². The molecule has 1 aliphatic rings. The molecule has 156 valence electrons. The fourth-order valence-electron chi connectivity index (χ4n) is 2.70. The number of thioether (sulfide) groups is 1. The summed E-state index contributed by atoms with van der Waals surface area (Å²) in [4.78, 5) is 30.1. The van der Waals surface area contributed by atoms with Crippen molar-refractivity contribution >= 4 is 56.5 Å². The van der Waals surface area contributed by atoms with Crippen LogP contribution in [0.4, 0.5) is 5.69 Å². The van der Waals surface area contributed by atoms with Gasteiger partial charge in [-0.15, -0.1) is 0 Å². The van der Waals surface area contributed by atoms with Crippen LogP contribution in [-0.4, -0.2) is 47.8 Å². The molecule has 0 aromatic heterocycles. The predicted octanol–water partition coefficient (Wildman–Crippen LogP) is 4.79. The van der Waals surface area contributed by atoms with Crippen molar-refractivity contribution in [2.75, 3.05) is 20.8 Å². The van der Waals surface area contributed by atoms with Gasteiger partial charge in [-0.05, 0) is 82.7 Å². The summed E-state index contributed by atoms with van der Waals surface area (Å²) in [6, 6.07) is 9.81. The quantitative estimate of drug-likeness (QED) is 0.585. The summed E-state index contributed by atoms with van der Waals surface area (Å²) in [6.45, 7) is 2.39. The molecule has 1 heterocycles. The molecule has 1 aliphatic heterocycles. The normalized spacial score (nSPS) is 16.4. The lowest BCUT2D eigenvalue weighted by atomic mass is 10.2. The molecule has 2 aromatic carbocycles. The van der Waals surface area contributed by atoms with Gasteiger partial charge in [-0.1, -0.05) is 0 Å². The van der Waals surface area contributed by atoms with Crippen LogP contribution in [0.1, 0.15) is 22.8 Å². The number of aromatic carboxylic acids is 1. The number of nitrogens with zero attached hydrogens (tertiary/aromatic N) is 2. The van der Waals surface area contributed by atoms with Crippen LogP contribution >= 0.6 is 27.7 Å². The number of aliphatic imine (C=N–C) groups is 1. The van der Waals surface area contributed by atoms with E-state index in [1.54, 1.807) is 38.4 Å². The van der Waals surface area contributed by atoms with Gasteiger partial charge in [0.1, 0.15) is 0 Å². The Kier molecular flexibility index (Phi) is 6.84. The van der Waals surface area contributed by atoms with E-state index in [2.05, 4.69) is 20.9 Å². The number of likely N-dealkylation sites (N-methyl/N-ethyl adjacent to an activating group) is 1. The number of hydrogen-bond donors (Lipinski definition) is 1. The van der Waals surface area contributed by atoms with Crippen molar-refractivity contribution in [1.82, 2.24) is 4.90 Å². The number of carbonyl (C=O) groups excluding carboxylic acids is 1. The molecule has 0 bridgehead atoms. The largest absolute Gasteiger partial charge is 0.493 e. The van der Waals surface area contributed by atoms with Gasteiger partial charge in [0.2, 0.25) is 0 Å². The maximum Gasteiger partial charge on any atom is 0.335 e. The standard InChI is InChI=1S/C21H19BrN2O5S/c1-4-29-18-15(22)9-12(10-16(18)28-3)11-17-19(25)24(2)21(30-17)23-14-7-5-13(6-8-14)20(26)27/h5-11H,4H2,1-3H3,(H,26,27)/b17-11+,23-21?. The van der Waals surface area contributed by atoms with Crippen LogP contribution in [0.25, 0.3) is 6.08 Å². The Morgan fingerprint density at radius 3 is 2.60 bits per heavy atom. The second kappa shape index (κ2) is 9.36. The monoisotopic (exact) mass is 490 g/mol. The average molecular weight is 491 g/mol. The number of carboxylic acids is 1. The summed E-state index contributed by atoms with van der Waals surface area (Å²) < 4.78 is 11.7. The van der Waals surface area contributed by atoms with Crippen LogP contribution in [0.15, 0.2) is 50.8 Å². The number of carbonyl (C=O) groups is 2. The Bertz CT molecular complexity index is 1050. The van der Waals surface area contributed by atoms with E-state index in [-0.39, 0.29) is 11.5 Å². The second-order valence-corrected chi connectivity index (χ2v) is 8.05. The molecule has 3 rings (SSSR count). The van der Waals surface area contributed by atoms with Crippen LogP contribution < -0.4 is 9.47 Å². The van der Waals surface area contributed by atoms with Gasteiger partial charge in [0.05, 0.1) is 34.3 Å². The minimum atomic E-state index is -1.00. The zero-order valence-electron chi connectivity index (χ0n) is 16.5. The fraction of sp³-hybridized carbons (Fsp3) is 0.190. The molecule has 0 spiro atoms. The maximum atomic E-state index is 12.7. The minimum Gasteiger partial charge on any atom is -0.493 e. The molecule has 1 saturated heterocycles. The summed E-state index contributed by atoms with van der Waals surface area (Å²) in [5.74, 6) is -0.00482. The van der Waals surface area contributed by atoms with Crippen LogP contribution in [0.3, 0.4) is 0 Å². The molecule has 7 nitrogen and oxygen atoms in total.